The number of nitrogens with one attached hydrogen (secondary N) is 1. The van der Waals surface area contributed by atoms with E-state index in [1.54, 1.807) is 17.0 Å². The van der Waals surface area contributed by atoms with Gasteiger partial charge in [-0.2, -0.15) is 0 Å². The number of hydrogen-bond donors (Lipinski definition) is 1. The lowest BCUT2D eigenvalue weighted by molar-refractivity contribution is -0.120. The van der Waals surface area contributed by atoms with Crippen molar-refractivity contribution in [3.05, 3.63) is 102 Å². The maximum Gasteiger partial charge on any atom is 0.328 e. The smallest absolute Gasteiger partial charge is 0.328 e. The third kappa shape index (κ3) is 6.38. The first-order valence-corrected chi connectivity index (χ1v) is 17.4. The molecule has 0 spiro atoms. The Morgan fingerprint density at radius 3 is 2.58 bits per heavy atom. The lowest BCUT2D eigenvalue weighted by Gasteiger charge is -2.37. The van der Waals surface area contributed by atoms with E-state index in [-0.39, 0.29) is 23.8 Å². The highest BCUT2D eigenvalue weighted by Gasteiger charge is 2.29. The van der Waals surface area contributed by atoms with E-state index in [4.69, 9.17) is 10.1 Å². The summed E-state index contributed by atoms with van der Waals surface area (Å²) in [5, 5.41) is 7.43. The maximum atomic E-state index is 14.1. The number of imide groups is 1. The number of urea groups is 1. The number of carbonyl (C=O) groups is 2. The van der Waals surface area contributed by atoms with Crippen LogP contribution in [0.15, 0.2) is 85.1 Å². The SMILES string of the molecule is CN(Cc1cccc(N2CCC(=O)NC2=O)c1)C1CCN(c2cccc(-c3cnc4ccc(N5CCC[C@@H]5c5cccc(F)c5)nn34)n2)CC1. The molecule has 0 radical (unpaired) electrons. The van der Waals surface area contributed by atoms with Gasteiger partial charge in [0.2, 0.25) is 5.91 Å². The molecule has 0 saturated carbocycles. The van der Waals surface area contributed by atoms with Crippen molar-refractivity contribution in [1.29, 1.82) is 0 Å². The Morgan fingerprint density at radius 2 is 1.74 bits per heavy atom. The second-order valence-electron chi connectivity index (χ2n) is 13.5. The number of rotatable bonds is 8. The lowest BCUT2D eigenvalue weighted by atomic mass is 10.0. The second-order valence-corrected chi connectivity index (χ2v) is 13.5. The predicted octanol–water partition coefficient (Wildman–Crippen LogP) is 5.82. The summed E-state index contributed by atoms with van der Waals surface area (Å²) in [7, 11) is 2.16. The Labute approximate surface area is 290 Å². The summed E-state index contributed by atoms with van der Waals surface area (Å²) < 4.78 is 15.9. The molecular formula is C38H40FN9O2. The molecule has 8 rings (SSSR count). The fraction of sp³-hybridized carbons (Fsp3) is 0.342. The number of aromatic nitrogens is 4. The van der Waals surface area contributed by atoms with E-state index in [0.717, 1.165) is 97.3 Å². The van der Waals surface area contributed by atoms with Crippen molar-refractivity contribution in [3.8, 4) is 11.4 Å². The Hall–Kier alpha value is -5.36. The zero-order chi connectivity index (χ0) is 34.2. The summed E-state index contributed by atoms with van der Waals surface area (Å²) in [6, 6.07) is 25.1. The number of anilines is 3. The number of halogens is 1. The van der Waals surface area contributed by atoms with Crippen LogP contribution in [0.5, 0.6) is 0 Å². The fourth-order valence-corrected chi connectivity index (χ4v) is 7.62. The largest absolute Gasteiger partial charge is 0.356 e. The fourth-order valence-electron chi connectivity index (χ4n) is 7.62. The zero-order valence-corrected chi connectivity index (χ0v) is 28.1. The molecule has 0 unspecified atom stereocenters. The van der Waals surface area contributed by atoms with Gasteiger partial charge >= 0.3 is 6.03 Å². The number of pyridine rings is 1. The van der Waals surface area contributed by atoms with E-state index >= 15 is 0 Å². The molecule has 5 aromatic rings. The third-order valence-corrected chi connectivity index (χ3v) is 10.2. The summed E-state index contributed by atoms with van der Waals surface area (Å²) >= 11 is 0. The van der Waals surface area contributed by atoms with Crippen LogP contribution in [0.1, 0.15) is 49.3 Å². The number of benzene rings is 2. The zero-order valence-electron chi connectivity index (χ0n) is 28.1. The van der Waals surface area contributed by atoms with Gasteiger partial charge in [0, 0.05) is 50.9 Å². The van der Waals surface area contributed by atoms with Crippen LogP contribution in [-0.2, 0) is 11.3 Å². The summed E-state index contributed by atoms with van der Waals surface area (Å²) in [4.78, 5) is 42.3. The van der Waals surface area contributed by atoms with Crippen molar-refractivity contribution >= 4 is 34.9 Å². The van der Waals surface area contributed by atoms with Gasteiger partial charge in [-0.15, -0.1) is 5.10 Å². The van der Waals surface area contributed by atoms with Gasteiger partial charge in [-0.3, -0.25) is 19.9 Å². The molecule has 3 aromatic heterocycles. The van der Waals surface area contributed by atoms with Crippen LogP contribution in [0.3, 0.4) is 0 Å². The van der Waals surface area contributed by atoms with Gasteiger partial charge in [-0.1, -0.05) is 30.3 Å². The minimum absolute atomic E-state index is 0.0760. The molecule has 2 aromatic carbocycles. The van der Waals surface area contributed by atoms with Gasteiger partial charge in [0.25, 0.3) is 0 Å². The van der Waals surface area contributed by atoms with Crippen molar-refractivity contribution < 1.29 is 14.0 Å². The second kappa shape index (κ2) is 13.5. The molecular weight excluding hydrogens is 633 g/mol. The molecule has 12 heteroatoms. The molecule has 1 N–H and O–H groups in total. The van der Waals surface area contributed by atoms with E-state index in [0.29, 0.717) is 19.0 Å². The van der Waals surface area contributed by atoms with Crippen LogP contribution in [-0.4, -0.2) is 75.7 Å². The average molecular weight is 674 g/mol. The van der Waals surface area contributed by atoms with Crippen LogP contribution in [0.25, 0.3) is 17.0 Å². The summed E-state index contributed by atoms with van der Waals surface area (Å²) in [5.74, 6) is 1.33. The quantitative estimate of drug-likeness (QED) is 0.220. The maximum absolute atomic E-state index is 14.1. The first-order valence-electron chi connectivity index (χ1n) is 17.4. The van der Waals surface area contributed by atoms with Crippen LogP contribution >= 0.6 is 0 Å². The number of fused-ring (bicyclic) bond motifs is 1. The van der Waals surface area contributed by atoms with Crippen LogP contribution in [0.4, 0.5) is 26.5 Å². The van der Waals surface area contributed by atoms with Crippen molar-refractivity contribution in [2.24, 2.45) is 0 Å². The van der Waals surface area contributed by atoms with Gasteiger partial charge in [-0.25, -0.2) is 23.7 Å². The number of amides is 3. The first-order chi connectivity index (χ1) is 24.4. The highest BCUT2D eigenvalue weighted by molar-refractivity contribution is 6.05. The summed E-state index contributed by atoms with van der Waals surface area (Å²) in [5.41, 5.74) is 5.30. The number of piperidine rings is 1. The molecule has 3 saturated heterocycles. The van der Waals surface area contributed by atoms with Gasteiger partial charge in [-0.05, 0) is 92.4 Å². The number of carbonyl (C=O) groups excluding carboxylic acids is 2. The first kappa shape index (κ1) is 31.9. The van der Waals surface area contributed by atoms with Gasteiger partial charge in [0.15, 0.2) is 5.65 Å². The number of imidazole rings is 1. The molecule has 3 amide bonds. The molecule has 1 atom stereocenters. The average Bonchev–Trinajstić information content (AvgIpc) is 3.80. The molecule has 6 heterocycles. The molecule has 3 aliphatic rings. The Kier molecular flexibility index (Phi) is 8.61. The van der Waals surface area contributed by atoms with E-state index in [9.17, 15) is 14.0 Å². The Bertz CT molecular complexity index is 2040. The summed E-state index contributed by atoms with van der Waals surface area (Å²) in [6.07, 6.45) is 6.11. The minimum atomic E-state index is -0.364. The number of hydrogen-bond acceptors (Lipinski definition) is 8. The van der Waals surface area contributed by atoms with Crippen molar-refractivity contribution in [1.82, 2.24) is 29.8 Å². The van der Waals surface area contributed by atoms with Crippen molar-refractivity contribution in [2.75, 3.05) is 47.9 Å². The Balaban J connectivity index is 0.936. The standard InChI is InChI=1S/C38H40FN9O2/c1-44(25-26-6-2-9-30(22-26)46-21-17-37(49)42-38(46)50)29-15-19-45(20-16-29)35-12-4-10-31(41-35)33-24-40-34-13-14-36(43-48(33)34)47-18-5-11-32(47)27-7-3-8-28(39)23-27/h2-4,6-10,12-14,22-24,29,32H,5,11,15-21,25H2,1H3,(H,42,49,50)/t32-/m1/s1. The molecule has 50 heavy (non-hydrogen) atoms. The normalized spacial score (nSPS) is 18.8. The van der Waals surface area contributed by atoms with E-state index in [1.807, 2.05) is 59.2 Å². The topological polar surface area (TPSA) is 102 Å². The highest BCUT2D eigenvalue weighted by Crippen LogP contribution is 2.36. The highest BCUT2D eigenvalue weighted by atomic mass is 19.1. The number of nitrogens with zero attached hydrogens (tertiary/aromatic N) is 8. The molecule has 3 fully saturated rings. The van der Waals surface area contributed by atoms with Gasteiger partial charge < -0.3 is 9.80 Å². The van der Waals surface area contributed by atoms with E-state index in [2.05, 4.69) is 44.2 Å². The third-order valence-electron chi connectivity index (χ3n) is 10.2. The monoisotopic (exact) mass is 673 g/mol. The molecule has 0 bridgehead atoms. The summed E-state index contributed by atoms with van der Waals surface area (Å²) in [6.45, 7) is 3.79. The van der Waals surface area contributed by atoms with E-state index < -0.39 is 0 Å². The minimum Gasteiger partial charge on any atom is -0.356 e. The molecule has 11 nitrogen and oxygen atoms in total. The molecule has 256 valence electrons. The van der Waals surface area contributed by atoms with E-state index in [1.165, 1.54) is 6.07 Å². The molecule has 0 aliphatic carbocycles. The predicted molar refractivity (Wildman–Crippen MR) is 191 cm³/mol. The van der Waals surface area contributed by atoms with Crippen LogP contribution in [0.2, 0.25) is 0 Å². The Morgan fingerprint density at radius 1 is 0.900 bits per heavy atom. The van der Waals surface area contributed by atoms with Crippen molar-refractivity contribution in [3.63, 3.8) is 0 Å². The van der Waals surface area contributed by atoms with Gasteiger partial charge in [0.05, 0.1) is 17.9 Å². The molecule has 3 aliphatic heterocycles. The van der Waals surface area contributed by atoms with Crippen LogP contribution < -0.4 is 20.0 Å². The lowest BCUT2D eigenvalue weighted by Crippen LogP contribution is -2.49. The van der Waals surface area contributed by atoms with Gasteiger partial charge in [0.1, 0.15) is 23.1 Å². The van der Waals surface area contributed by atoms with Crippen LogP contribution in [0, 0.1) is 5.82 Å². The van der Waals surface area contributed by atoms with Crippen molar-refractivity contribution in [2.45, 2.75) is 50.7 Å².